The van der Waals surface area contributed by atoms with Gasteiger partial charge in [-0.2, -0.15) is 0 Å². The topological polar surface area (TPSA) is 62.3 Å². The summed E-state index contributed by atoms with van der Waals surface area (Å²) in [6, 6.07) is 14.1. The van der Waals surface area contributed by atoms with Crippen LogP contribution in [0.15, 0.2) is 42.5 Å². The lowest BCUT2D eigenvalue weighted by Crippen LogP contribution is -2.39. The summed E-state index contributed by atoms with van der Waals surface area (Å²) in [5.41, 5.74) is 3.33. The summed E-state index contributed by atoms with van der Waals surface area (Å²) in [6.07, 6.45) is 1.21. The van der Waals surface area contributed by atoms with Gasteiger partial charge in [-0.3, -0.25) is 14.5 Å². The van der Waals surface area contributed by atoms with Crippen LogP contribution in [0.5, 0.6) is 11.5 Å². The van der Waals surface area contributed by atoms with Crippen LogP contribution in [0.4, 0.5) is 5.69 Å². The Morgan fingerprint density at radius 1 is 1.00 bits per heavy atom. The molecule has 2 aromatic carbocycles. The molecule has 7 nitrogen and oxygen atoms in total. The van der Waals surface area contributed by atoms with Gasteiger partial charge in [0.2, 0.25) is 18.6 Å². The number of carbonyl (C=O) groups is 2. The van der Waals surface area contributed by atoms with E-state index in [1.54, 1.807) is 4.90 Å². The van der Waals surface area contributed by atoms with Crippen molar-refractivity contribution in [2.75, 3.05) is 44.4 Å². The van der Waals surface area contributed by atoms with Crippen LogP contribution in [0.3, 0.4) is 0 Å². The number of rotatable bonds is 4. The zero-order valence-electron chi connectivity index (χ0n) is 18.5. The molecule has 3 aliphatic rings. The van der Waals surface area contributed by atoms with E-state index in [4.69, 9.17) is 9.47 Å². The normalized spacial score (nSPS) is 21.2. The van der Waals surface area contributed by atoms with E-state index in [9.17, 15) is 9.59 Å². The smallest absolute Gasteiger partial charge is 0.231 e. The lowest BCUT2D eigenvalue weighted by molar-refractivity contribution is -0.135. The fourth-order valence-electron chi connectivity index (χ4n) is 4.73. The van der Waals surface area contributed by atoms with Gasteiger partial charge in [0.25, 0.3) is 0 Å². The van der Waals surface area contributed by atoms with Gasteiger partial charge in [0, 0.05) is 57.4 Å². The first-order chi connectivity index (χ1) is 15.6. The zero-order valence-corrected chi connectivity index (χ0v) is 18.5. The summed E-state index contributed by atoms with van der Waals surface area (Å²) < 4.78 is 10.8. The number of ether oxygens (including phenoxy) is 2. The van der Waals surface area contributed by atoms with Crippen molar-refractivity contribution >= 4 is 17.5 Å². The second-order valence-corrected chi connectivity index (χ2v) is 8.88. The average Bonchev–Trinajstić information content (AvgIpc) is 3.35. The van der Waals surface area contributed by atoms with Crippen molar-refractivity contribution in [1.82, 2.24) is 9.80 Å². The van der Waals surface area contributed by atoms with E-state index in [-0.39, 0.29) is 30.9 Å². The quantitative estimate of drug-likeness (QED) is 0.739. The number of carbonyl (C=O) groups excluding carboxylic acids is 2. The van der Waals surface area contributed by atoms with Gasteiger partial charge in [0.15, 0.2) is 11.5 Å². The predicted octanol–water partition coefficient (Wildman–Crippen LogP) is 2.81. The summed E-state index contributed by atoms with van der Waals surface area (Å²) in [6.45, 7) is 6.90. The minimum Gasteiger partial charge on any atom is -0.454 e. The molecular formula is C25H29N3O4. The minimum atomic E-state index is -0.295. The van der Waals surface area contributed by atoms with Crippen molar-refractivity contribution in [2.45, 2.75) is 26.3 Å². The van der Waals surface area contributed by atoms with Crippen molar-refractivity contribution < 1.29 is 19.1 Å². The van der Waals surface area contributed by atoms with Gasteiger partial charge in [0.05, 0.1) is 5.92 Å². The molecule has 7 heteroatoms. The molecule has 5 rings (SSSR count). The van der Waals surface area contributed by atoms with Crippen molar-refractivity contribution in [2.24, 2.45) is 5.92 Å². The summed E-state index contributed by atoms with van der Waals surface area (Å²) in [4.78, 5) is 32.0. The molecule has 2 aromatic rings. The van der Waals surface area contributed by atoms with E-state index in [2.05, 4.69) is 36.1 Å². The van der Waals surface area contributed by atoms with Gasteiger partial charge < -0.3 is 19.3 Å². The van der Waals surface area contributed by atoms with Crippen molar-refractivity contribution in [1.29, 1.82) is 0 Å². The number of hydrogen-bond donors (Lipinski definition) is 0. The Morgan fingerprint density at radius 3 is 2.66 bits per heavy atom. The van der Waals surface area contributed by atoms with Crippen LogP contribution in [-0.2, 0) is 16.1 Å². The molecule has 2 amide bonds. The number of nitrogens with zero attached hydrogens (tertiary/aromatic N) is 3. The Balaban J connectivity index is 1.19. The summed E-state index contributed by atoms with van der Waals surface area (Å²) in [5, 5.41) is 0. The maximum Gasteiger partial charge on any atom is 0.231 e. The first kappa shape index (κ1) is 20.8. The highest BCUT2D eigenvalue weighted by Crippen LogP contribution is 2.37. The van der Waals surface area contributed by atoms with Crippen LogP contribution >= 0.6 is 0 Å². The van der Waals surface area contributed by atoms with E-state index < -0.39 is 0 Å². The van der Waals surface area contributed by atoms with E-state index in [1.807, 2.05) is 23.1 Å². The molecule has 0 bridgehead atoms. The molecule has 1 unspecified atom stereocenters. The van der Waals surface area contributed by atoms with Gasteiger partial charge in [0.1, 0.15) is 0 Å². The highest BCUT2D eigenvalue weighted by molar-refractivity contribution is 6.00. The van der Waals surface area contributed by atoms with Crippen LogP contribution in [0.1, 0.15) is 24.0 Å². The van der Waals surface area contributed by atoms with Crippen LogP contribution in [0.2, 0.25) is 0 Å². The largest absolute Gasteiger partial charge is 0.454 e. The molecule has 0 spiro atoms. The second-order valence-electron chi connectivity index (χ2n) is 8.88. The van der Waals surface area contributed by atoms with E-state index in [0.29, 0.717) is 24.6 Å². The van der Waals surface area contributed by atoms with Crippen molar-refractivity contribution in [3.63, 3.8) is 0 Å². The molecule has 2 saturated heterocycles. The molecule has 3 aliphatic heterocycles. The maximum absolute atomic E-state index is 13.2. The van der Waals surface area contributed by atoms with Crippen molar-refractivity contribution in [3.8, 4) is 11.5 Å². The minimum absolute atomic E-state index is 0.0157. The Bertz CT molecular complexity index is 1010. The first-order valence-electron chi connectivity index (χ1n) is 11.3. The third kappa shape index (κ3) is 4.30. The summed E-state index contributed by atoms with van der Waals surface area (Å²) in [5.74, 6) is 1.12. The second kappa shape index (κ2) is 8.82. The molecule has 2 fully saturated rings. The Hall–Kier alpha value is -3.06. The highest BCUT2D eigenvalue weighted by Gasteiger charge is 2.38. The standard InChI is InChI=1S/C25H29N3O4/c1-18-3-5-19(6-4-18)15-26-9-2-10-27(12-11-26)25(30)20-13-24(29)28(16-20)21-7-8-22-23(14-21)32-17-31-22/h3-8,14,20H,2,9-13,15-17H2,1H3. The van der Waals surface area contributed by atoms with E-state index in [0.717, 1.165) is 38.3 Å². The van der Waals surface area contributed by atoms with Gasteiger partial charge in [-0.25, -0.2) is 0 Å². The molecule has 0 N–H and O–H groups in total. The third-order valence-corrected chi connectivity index (χ3v) is 6.57. The first-order valence-corrected chi connectivity index (χ1v) is 11.3. The molecule has 32 heavy (non-hydrogen) atoms. The number of amides is 2. The van der Waals surface area contributed by atoms with E-state index >= 15 is 0 Å². The SMILES string of the molecule is Cc1ccc(CN2CCCN(C(=O)C3CC(=O)N(c4ccc5c(c4)OCO5)C3)CC2)cc1. The molecule has 3 heterocycles. The number of fused-ring (bicyclic) bond motifs is 1. The molecule has 0 saturated carbocycles. The van der Waals surface area contributed by atoms with Gasteiger partial charge in [-0.05, 0) is 31.0 Å². The molecule has 1 atom stereocenters. The summed E-state index contributed by atoms with van der Waals surface area (Å²) >= 11 is 0. The van der Waals surface area contributed by atoms with Gasteiger partial charge in [-0.15, -0.1) is 0 Å². The average molecular weight is 436 g/mol. The third-order valence-electron chi connectivity index (χ3n) is 6.57. The van der Waals surface area contributed by atoms with E-state index in [1.165, 1.54) is 11.1 Å². The zero-order chi connectivity index (χ0) is 22.1. The molecular weight excluding hydrogens is 406 g/mol. The maximum atomic E-state index is 13.2. The highest BCUT2D eigenvalue weighted by atomic mass is 16.7. The molecule has 168 valence electrons. The van der Waals surface area contributed by atoms with Crippen LogP contribution in [-0.4, -0.2) is 61.1 Å². The Labute approximate surface area is 188 Å². The van der Waals surface area contributed by atoms with Crippen LogP contribution in [0.25, 0.3) is 0 Å². The van der Waals surface area contributed by atoms with Crippen LogP contribution < -0.4 is 14.4 Å². The Kier molecular flexibility index (Phi) is 5.74. The fraction of sp³-hybridized carbons (Fsp3) is 0.440. The Morgan fingerprint density at radius 2 is 1.81 bits per heavy atom. The number of benzene rings is 2. The monoisotopic (exact) mass is 435 g/mol. The number of anilines is 1. The number of hydrogen-bond acceptors (Lipinski definition) is 5. The lowest BCUT2D eigenvalue weighted by Gasteiger charge is -2.24. The van der Waals surface area contributed by atoms with Crippen molar-refractivity contribution in [3.05, 3.63) is 53.6 Å². The summed E-state index contributed by atoms with van der Waals surface area (Å²) in [7, 11) is 0. The molecule has 0 aromatic heterocycles. The lowest BCUT2D eigenvalue weighted by atomic mass is 10.1. The van der Waals surface area contributed by atoms with Crippen LogP contribution in [0, 0.1) is 12.8 Å². The number of aryl methyl sites for hydroxylation is 1. The molecule has 0 aliphatic carbocycles. The van der Waals surface area contributed by atoms with Gasteiger partial charge in [-0.1, -0.05) is 29.8 Å². The molecule has 0 radical (unpaired) electrons. The predicted molar refractivity (Wildman–Crippen MR) is 121 cm³/mol. The fourth-order valence-corrected chi connectivity index (χ4v) is 4.73. The van der Waals surface area contributed by atoms with Gasteiger partial charge >= 0.3 is 0 Å².